The minimum atomic E-state index is 0.498. The zero-order valence-electron chi connectivity index (χ0n) is 11.5. The second-order valence-corrected chi connectivity index (χ2v) is 5.38. The van der Waals surface area contributed by atoms with Gasteiger partial charge in [0.05, 0.1) is 6.10 Å². The molecular formula is C14H28N2O. The lowest BCUT2D eigenvalue weighted by molar-refractivity contribution is -0.0167. The van der Waals surface area contributed by atoms with E-state index in [1.54, 1.807) is 0 Å². The Morgan fingerprint density at radius 3 is 2.47 bits per heavy atom. The van der Waals surface area contributed by atoms with Gasteiger partial charge in [-0.05, 0) is 58.8 Å². The van der Waals surface area contributed by atoms with Crippen LogP contribution in [0.4, 0.5) is 0 Å². The van der Waals surface area contributed by atoms with Crippen LogP contribution < -0.4 is 0 Å². The standard InChI is InChI=1S/C14H28N2O/c1-3-15-10-7-13(8-11-15)16-9-5-6-14(12-16)17-4-2/h13-14H,3-12H2,1-2H3. The van der Waals surface area contributed by atoms with Crippen LogP contribution in [0.3, 0.4) is 0 Å². The van der Waals surface area contributed by atoms with Crippen molar-refractivity contribution in [3.8, 4) is 0 Å². The van der Waals surface area contributed by atoms with Crippen molar-refractivity contribution in [2.24, 2.45) is 0 Å². The highest BCUT2D eigenvalue weighted by Gasteiger charge is 2.28. The fourth-order valence-electron chi connectivity index (χ4n) is 3.27. The van der Waals surface area contributed by atoms with Gasteiger partial charge < -0.3 is 9.64 Å². The Hall–Kier alpha value is -0.120. The van der Waals surface area contributed by atoms with Gasteiger partial charge in [-0.2, -0.15) is 0 Å². The summed E-state index contributed by atoms with van der Waals surface area (Å²) >= 11 is 0. The SMILES string of the molecule is CCOC1CCCN(C2CCN(CC)CC2)C1. The third-order valence-corrected chi connectivity index (χ3v) is 4.33. The van der Waals surface area contributed by atoms with Crippen LogP contribution in [-0.2, 0) is 4.74 Å². The fourth-order valence-corrected chi connectivity index (χ4v) is 3.27. The quantitative estimate of drug-likeness (QED) is 0.747. The van der Waals surface area contributed by atoms with Crippen molar-refractivity contribution < 1.29 is 4.74 Å². The monoisotopic (exact) mass is 240 g/mol. The molecule has 0 amide bonds. The summed E-state index contributed by atoms with van der Waals surface area (Å²) in [6.45, 7) is 11.5. The van der Waals surface area contributed by atoms with E-state index in [4.69, 9.17) is 4.74 Å². The predicted molar refractivity (Wildman–Crippen MR) is 71.4 cm³/mol. The molecule has 2 aliphatic rings. The maximum Gasteiger partial charge on any atom is 0.0702 e. The maximum atomic E-state index is 5.79. The Morgan fingerprint density at radius 2 is 1.82 bits per heavy atom. The Kier molecular flexibility index (Phi) is 5.26. The van der Waals surface area contributed by atoms with Gasteiger partial charge in [0.15, 0.2) is 0 Å². The second-order valence-electron chi connectivity index (χ2n) is 5.38. The van der Waals surface area contributed by atoms with Crippen molar-refractivity contribution >= 4 is 0 Å². The molecule has 0 aliphatic carbocycles. The highest BCUT2D eigenvalue weighted by molar-refractivity contribution is 4.83. The summed E-state index contributed by atoms with van der Waals surface area (Å²) in [6.07, 6.45) is 5.79. The molecule has 17 heavy (non-hydrogen) atoms. The fraction of sp³-hybridized carbons (Fsp3) is 1.00. The molecule has 2 heterocycles. The van der Waals surface area contributed by atoms with Crippen LogP contribution in [0.1, 0.15) is 39.5 Å². The summed E-state index contributed by atoms with van der Waals surface area (Å²) in [5.41, 5.74) is 0. The van der Waals surface area contributed by atoms with Gasteiger partial charge in [0.1, 0.15) is 0 Å². The predicted octanol–water partition coefficient (Wildman–Crippen LogP) is 1.97. The molecule has 2 fully saturated rings. The molecule has 1 atom stereocenters. The van der Waals surface area contributed by atoms with Crippen molar-refractivity contribution in [2.45, 2.75) is 51.7 Å². The van der Waals surface area contributed by atoms with Crippen LogP contribution in [0.2, 0.25) is 0 Å². The van der Waals surface area contributed by atoms with E-state index in [1.807, 2.05) is 0 Å². The van der Waals surface area contributed by atoms with E-state index in [-0.39, 0.29) is 0 Å². The van der Waals surface area contributed by atoms with Crippen LogP contribution in [0, 0.1) is 0 Å². The number of piperidine rings is 2. The van der Waals surface area contributed by atoms with E-state index in [0.717, 1.165) is 12.6 Å². The van der Waals surface area contributed by atoms with Crippen LogP contribution in [0.25, 0.3) is 0 Å². The van der Waals surface area contributed by atoms with Crippen molar-refractivity contribution in [1.82, 2.24) is 9.80 Å². The molecule has 0 spiro atoms. The van der Waals surface area contributed by atoms with Gasteiger partial charge in [-0.25, -0.2) is 0 Å². The third kappa shape index (κ3) is 3.67. The average molecular weight is 240 g/mol. The summed E-state index contributed by atoms with van der Waals surface area (Å²) in [6, 6.07) is 0.820. The van der Waals surface area contributed by atoms with Crippen molar-refractivity contribution in [2.75, 3.05) is 39.3 Å². The molecule has 1 unspecified atom stereocenters. The first-order chi connectivity index (χ1) is 8.33. The van der Waals surface area contributed by atoms with Crippen molar-refractivity contribution in [1.29, 1.82) is 0 Å². The van der Waals surface area contributed by atoms with E-state index in [0.29, 0.717) is 6.10 Å². The molecule has 3 nitrogen and oxygen atoms in total. The third-order valence-electron chi connectivity index (χ3n) is 4.33. The Morgan fingerprint density at radius 1 is 1.06 bits per heavy atom. The lowest BCUT2D eigenvalue weighted by Gasteiger charge is -2.42. The van der Waals surface area contributed by atoms with Gasteiger partial charge in [0.25, 0.3) is 0 Å². The molecule has 0 radical (unpaired) electrons. The number of ether oxygens (including phenoxy) is 1. The number of nitrogens with zero attached hydrogens (tertiary/aromatic N) is 2. The van der Waals surface area contributed by atoms with Gasteiger partial charge in [-0.1, -0.05) is 6.92 Å². The van der Waals surface area contributed by atoms with Crippen LogP contribution in [0.5, 0.6) is 0 Å². The highest BCUT2D eigenvalue weighted by Crippen LogP contribution is 2.22. The lowest BCUT2D eigenvalue weighted by Crippen LogP contribution is -2.50. The van der Waals surface area contributed by atoms with E-state index in [2.05, 4.69) is 23.6 Å². The zero-order chi connectivity index (χ0) is 12.1. The number of hydrogen-bond donors (Lipinski definition) is 0. The first-order valence-corrected chi connectivity index (χ1v) is 7.41. The largest absolute Gasteiger partial charge is 0.377 e. The van der Waals surface area contributed by atoms with Crippen LogP contribution >= 0.6 is 0 Å². The van der Waals surface area contributed by atoms with Gasteiger partial charge in [0, 0.05) is 19.2 Å². The summed E-state index contributed by atoms with van der Waals surface area (Å²) in [4.78, 5) is 5.26. The molecule has 2 aliphatic heterocycles. The van der Waals surface area contributed by atoms with Gasteiger partial charge in [-0.15, -0.1) is 0 Å². The van der Waals surface area contributed by atoms with E-state index < -0.39 is 0 Å². The first-order valence-electron chi connectivity index (χ1n) is 7.41. The molecule has 3 heteroatoms. The summed E-state index contributed by atoms with van der Waals surface area (Å²) in [5.74, 6) is 0. The van der Waals surface area contributed by atoms with Gasteiger partial charge in [0.2, 0.25) is 0 Å². The summed E-state index contributed by atoms with van der Waals surface area (Å²) in [7, 11) is 0. The maximum absolute atomic E-state index is 5.79. The van der Waals surface area contributed by atoms with E-state index in [9.17, 15) is 0 Å². The Labute approximate surface area is 106 Å². The molecule has 0 saturated carbocycles. The molecule has 2 saturated heterocycles. The first kappa shape index (κ1) is 13.3. The topological polar surface area (TPSA) is 15.7 Å². The molecule has 0 aromatic rings. The minimum Gasteiger partial charge on any atom is -0.377 e. The number of likely N-dealkylation sites (tertiary alicyclic amines) is 2. The van der Waals surface area contributed by atoms with Gasteiger partial charge in [-0.3, -0.25) is 4.90 Å². The molecule has 0 aromatic carbocycles. The molecule has 100 valence electrons. The van der Waals surface area contributed by atoms with Crippen molar-refractivity contribution in [3.05, 3.63) is 0 Å². The molecule has 0 aromatic heterocycles. The molecule has 0 N–H and O–H groups in total. The van der Waals surface area contributed by atoms with Crippen molar-refractivity contribution in [3.63, 3.8) is 0 Å². The van der Waals surface area contributed by atoms with Crippen LogP contribution in [0.15, 0.2) is 0 Å². The normalized spacial score (nSPS) is 29.6. The second kappa shape index (κ2) is 6.72. The molecular weight excluding hydrogens is 212 g/mol. The smallest absolute Gasteiger partial charge is 0.0702 e. The van der Waals surface area contributed by atoms with E-state index >= 15 is 0 Å². The molecule has 0 bridgehead atoms. The van der Waals surface area contributed by atoms with E-state index in [1.165, 1.54) is 58.4 Å². The minimum absolute atomic E-state index is 0.498. The van der Waals surface area contributed by atoms with Gasteiger partial charge >= 0.3 is 0 Å². The number of hydrogen-bond acceptors (Lipinski definition) is 3. The Bertz CT molecular complexity index is 212. The summed E-state index contributed by atoms with van der Waals surface area (Å²) < 4.78 is 5.79. The zero-order valence-corrected chi connectivity index (χ0v) is 11.5. The summed E-state index contributed by atoms with van der Waals surface area (Å²) in [5, 5.41) is 0. The lowest BCUT2D eigenvalue weighted by atomic mass is 9.99. The number of rotatable bonds is 4. The van der Waals surface area contributed by atoms with Crippen LogP contribution in [-0.4, -0.2) is 61.3 Å². The highest BCUT2D eigenvalue weighted by atomic mass is 16.5. The molecule has 2 rings (SSSR count). The average Bonchev–Trinajstić information content (AvgIpc) is 2.40. The Balaban J connectivity index is 1.77.